The number of amides is 1. The molecule has 0 saturated carbocycles. The van der Waals surface area contributed by atoms with Gasteiger partial charge < -0.3 is 15.0 Å². The van der Waals surface area contributed by atoms with Crippen LogP contribution >= 0.6 is 23.8 Å². The average Bonchev–Trinajstić information content (AvgIpc) is 2.63. The lowest BCUT2D eigenvalue weighted by Crippen LogP contribution is -2.36. The van der Waals surface area contributed by atoms with E-state index < -0.39 is 11.7 Å². The Bertz CT molecular complexity index is 811. The largest absolute Gasteiger partial charge is 0.378 e. The number of hydrogen-bond acceptors (Lipinski definition) is 4. The Balaban J connectivity index is 1.61. The van der Waals surface area contributed by atoms with Crippen molar-refractivity contribution in [1.29, 1.82) is 0 Å². The summed E-state index contributed by atoms with van der Waals surface area (Å²) in [5.41, 5.74) is 1.91. The summed E-state index contributed by atoms with van der Waals surface area (Å²) in [6.07, 6.45) is 0. The number of thiocarbonyl (C=S) groups is 1. The lowest BCUT2D eigenvalue weighted by Gasteiger charge is -2.29. The third kappa shape index (κ3) is 4.69. The first-order valence-electron chi connectivity index (χ1n) is 8.03. The number of rotatable bonds is 3. The minimum atomic E-state index is -0.418. The van der Waals surface area contributed by atoms with Crippen molar-refractivity contribution >= 4 is 46.2 Å². The molecule has 0 aromatic heterocycles. The maximum atomic E-state index is 12.9. The Labute approximate surface area is 161 Å². The van der Waals surface area contributed by atoms with E-state index in [0.29, 0.717) is 29.5 Å². The Hall–Kier alpha value is -2.22. The van der Waals surface area contributed by atoms with E-state index in [2.05, 4.69) is 15.5 Å². The molecule has 26 heavy (non-hydrogen) atoms. The molecule has 0 aliphatic carbocycles. The molecule has 0 atom stereocenters. The molecular formula is C18H17ClFN3O2S. The second-order valence-corrected chi connectivity index (χ2v) is 6.50. The number of halogens is 2. The standard InChI is InChI=1S/C18H17ClFN3O2S/c19-15-11-14(5-6-16(15)23-7-9-25-10-8-23)21-18(26)22-17(24)12-1-3-13(20)4-2-12/h1-6,11H,7-10H2,(H2,21,22,24,26). The van der Waals surface area contributed by atoms with Crippen LogP contribution in [0.1, 0.15) is 10.4 Å². The zero-order chi connectivity index (χ0) is 18.5. The second-order valence-electron chi connectivity index (χ2n) is 5.68. The molecule has 1 fully saturated rings. The first kappa shape index (κ1) is 18.6. The maximum Gasteiger partial charge on any atom is 0.257 e. The summed E-state index contributed by atoms with van der Waals surface area (Å²) in [6.45, 7) is 2.93. The minimum Gasteiger partial charge on any atom is -0.378 e. The van der Waals surface area contributed by atoms with Gasteiger partial charge in [-0.05, 0) is 54.7 Å². The topological polar surface area (TPSA) is 53.6 Å². The summed E-state index contributed by atoms with van der Waals surface area (Å²) in [4.78, 5) is 14.2. The van der Waals surface area contributed by atoms with Crippen LogP contribution in [0.3, 0.4) is 0 Å². The van der Waals surface area contributed by atoms with Crippen molar-refractivity contribution < 1.29 is 13.9 Å². The van der Waals surface area contributed by atoms with Crippen LogP contribution in [-0.4, -0.2) is 37.3 Å². The van der Waals surface area contributed by atoms with Crippen molar-refractivity contribution in [1.82, 2.24) is 5.32 Å². The van der Waals surface area contributed by atoms with Crippen molar-refractivity contribution in [3.63, 3.8) is 0 Å². The molecule has 0 spiro atoms. The molecule has 0 radical (unpaired) electrons. The number of nitrogens with one attached hydrogen (secondary N) is 2. The van der Waals surface area contributed by atoms with Crippen LogP contribution in [0.2, 0.25) is 5.02 Å². The fourth-order valence-electron chi connectivity index (χ4n) is 2.58. The van der Waals surface area contributed by atoms with Crippen molar-refractivity contribution in [3.8, 4) is 0 Å². The minimum absolute atomic E-state index is 0.134. The molecule has 136 valence electrons. The number of hydrogen-bond donors (Lipinski definition) is 2. The monoisotopic (exact) mass is 393 g/mol. The van der Waals surface area contributed by atoms with Crippen molar-refractivity contribution in [2.45, 2.75) is 0 Å². The lowest BCUT2D eigenvalue weighted by atomic mass is 10.2. The molecule has 1 saturated heterocycles. The molecule has 1 aliphatic heterocycles. The van der Waals surface area contributed by atoms with Gasteiger partial charge in [0.25, 0.3) is 5.91 Å². The molecule has 2 aromatic rings. The van der Waals surface area contributed by atoms with Crippen LogP contribution in [0.25, 0.3) is 0 Å². The first-order chi connectivity index (χ1) is 12.5. The van der Waals surface area contributed by atoms with Gasteiger partial charge in [0.15, 0.2) is 5.11 Å². The van der Waals surface area contributed by atoms with E-state index in [1.807, 2.05) is 12.1 Å². The second kappa shape index (κ2) is 8.44. The molecular weight excluding hydrogens is 377 g/mol. The molecule has 1 amide bonds. The van der Waals surface area contributed by atoms with Crippen LogP contribution in [0.5, 0.6) is 0 Å². The predicted octanol–water partition coefficient (Wildman–Crippen LogP) is 3.44. The smallest absolute Gasteiger partial charge is 0.257 e. The van der Waals surface area contributed by atoms with Crippen LogP contribution in [-0.2, 0) is 4.74 Å². The summed E-state index contributed by atoms with van der Waals surface area (Å²) in [5.74, 6) is -0.823. The number of nitrogens with zero attached hydrogens (tertiary/aromatic N) is 1. The quantitative estimate of drug-likeness (QED) is 0.782. The number of carbonyl (C=O) groups is 1. The number of ether oxygens (including phenoxy) is 1. The van der Waals surface area contributed by atoms with Crippen LogP contribution in [0.4, 0.5) is 15.8 Å². The Morgan fingerprint density at radius 2 is 1.85 bits per heavy atom. The fraction of sp³-hybridized carbons (Fsp3) is 0.222. The van der Waals surface area contributed by atoms with Crippen molar-refractivity contribution in [2.75, 3.05) is 36.5 Å². The molecule has 0 bridgehead atoms. The zero-order valence-corrected chi connectivity index (χ0v) is 15.4. The van der Waals surface area contributed by atoms with Gasteiger partial charge in [-0.1, -0.05) is 11.6 Å². The molecule has 2 N–H and O–H groups in total. The Morgan fingerprint density at radius 3 is 2.50 bits per heavy atom. The van der Waals surface area contributed by atoms with Crippen LogP contribution in [0, 0.1) is 5.82 Å². The van der Waals surface area contributed by atoms with Gasteiger partial charge in [-0.3, -0.25) is 10.1 Å². The van der Waals surface area contributed by atoms with E-state index in [0.717, 1.165) is 18.8 Å². The Morgan fingerprint density at radius 1 is 1.15 bits per heavy atom. The maximum absolute atomic E-state index is 12.9. The van der Waals surface area contributed by atoms with E-state index in [9.17, 15) is 9.18 Å². The van der Waals surface area contributed by atoms with Gasteiger partial charge >= 0.3 is 0 Å². The van der Waals surface area contributed by atoms with Crippen LogP contribution < -0.4 is 15.5 Å². The SMILES string of the molecule is O=C(NC(=S)Nc1ccc(N2CCOCC2)c(Cl)c1)c1ccc(F)cc1. The van der Waals surface area contributed by atoms with E-state index in [1.165, 1.54) is 24.3 Å². The average molecular weight is 394 g/mol. The highest BCUT2D eigenvalue weighted by Crippen LogP contribution is 2.29. The van der Waals surface area contributed by atoms with E-state index in [1.54, 1.807) is 6.07 Å². The van der Waals surface area contributed by atoms with Gasteiger partial charge in [0.1, 0.15) is 5.82 Å². The predicted molar refractivity (Wildman–Crippen MR) is 105 cm³/mol. The molecule has 2 aromatic carbocycles. The number of benzene rings is 2. The van der Waals surface area contributed by atoms with Gasteiger partial charge in [0.2, 0.25) is 0 Å². The summed E-state index contributed by atoms with van der Waals surface area (Å²) in [5, 5.41) is 6.19. The van der Waals surface area contributed by atoms with Gasteiger partial charge in [-0.15, -0.1) is 0 Å². The molecule has 0 unspecified atom stereocenters. The van der Waals surface area contributed by atoms with E-state index >= 15 is 0 Å². The van der Waals surface area contributed by atoms with E-state index in [4.69, 9.17) is 28.6 Å². The summed E-state index contributed by atoms with van der Waals surface area (Å²) in [7, 11) is 0. The molecule has 1 heterocycles. The highest BCUT2D eigenvalue weighted by molar-refractivity contribution is 7.80. The molecule has 8 heteroatoms. The fourth-order valence-corrected chi connectivity index (χ4v) is 3.09. The first-order valence-corrected chi connectivity index (χ1v) is 8.82. The Kier molecular flexibility index (Phi) is 6.03. The lowest BCUT2D eigenvalue weighted by molar-refractivity contribution is 0.0977. The molecule has 3 rings (SSSR count). The third-order valence-electron chi connectivity index (χ3n) is 3.89. The summed E-state index contributed by atoms with van der Waals surface area (Å²) in [6, 6.07) is 10.7. The highest BCUT2D eigenvalue weighted by Gasteiger charge is 2.15. The van der Waals surface area contributed by atoms with Crippen molar-refractivity contribution in [3.05, 3.63) is 58.9 Å². The normalized spacial score (nSPS) is 14.0. The van der Waals surface area contributed by atoms with Gasteiger partial charge in [-0.2, -0.15) is 0 Å². The van der Waals surface area contributed by atoms with E-state index in [-0.39, 0.29) is 5.11 Å². The highest BCUT2D eigenvalue weighted by atomic mass is 35.5. The van der Waals surface area contributed by atoms with Gasteiger partial charge in [0, 0.05) is 24.3 Å². The summed E-state index contributed by atoms with van der Waals surface area (Å²) < 4.78 is 18.3. The summed E-state index contributed by atoms with van der Waals surface area (Å²) >= 11 is 11.5. The molecule has 1 aliphatic rings. The number of morpholine rings is 1. The third-order valence-corrected chi connectivity index (χ3v) is 4.40. The van der Waals surface area contributed by atoms with Crippen LogP contribution in [0.15, 0.2) is 42.5 Å². The van der Waals surface area contributed by atoms with Gasteiger partial charge in [0.05, 0.1) is 23.9 Å². The van der Waals surface area contributed by atoms with Crippen molar-refractivity contribution in [2.24, 2.45) is 0 Å². The molecule has 5 nitrogen and oxygen atoms in total. The number of carbonyl (C=O) groups excluding carboxylic acids is 1. The zero-order valence-electron chi connectivity index (χ0n) is 13.8. The van der Waals surface area contributed by atoms with Gasteiger partial charge in [-0.25, -0.2) is 4.39 Å². The number of anilines is 2.